The molecule has 0 aliphatic carbocycles. The van der Waals surface area contributed by atoms with E-state index in [-0.39, 0.29) is 31.3 Å². The molecular formula is C44H46N2O6. The van der Waals surface area contributed by atoms with E-state index in [0.29, 0.717) is 13.0 Å². The van der Waals surface area contributed by atoms with Gasteiger partial charge in [0.15, 0.2) is 12.4 Å². The number of carbonyl (C=O) groups excluding carboxylic acids is 2. The van der Waals surface area contributed by atoms with Crippen LogP contribution in [0.5, 0.6) is 0 Å². The van der Waals surface area contributed by atoms with E-state index in [9.17, 15) is 14.7 Å². The fraction of sp³-hybridized carbons (Fsp3) is 0.273. The lowest BCUT2D eigenvalue weighted by Gasteiger charge is -2.38. The minimum atomic E-state index is -0.872. The number of rotatable bonds is 14. The molecule has 5 aromatic rings. The summed E-state index contributed by atoms with van der Waals surface area (Å²) in [6.07, 6.45) is -1.11. The molecule has 6 rings (SSSR count). The lowest BCUT2D eigenvalue weighted by atomic mass is 9.97. The molecule has 2 N–H and O–H groups in total. The average Bonchev–Trinajstić information content (AvgIpc) is 3.17. The molecule has 8 nitrogen and oxygen atoms in total. The first kappa shape index (κ1) is 36.7. The third kappa shape index (κ3) is 10.0. The Morgan fingerprint density at radius 3 is 1.98 bits per heavy atom. The van der Waals surface area contributed by atoms with Gasteiger partial charge in [-0.25, -0.2) is 0 Å². The Labute approximate surface area is 306 Å². The summed E-state index contributed by atoms with van der Waals surface area (Å²) in [6, 6.07) is 45.1. The molecule has 1 fully saturated rings. The molecule has 1 amide bonds. The molecule has 4 atom stereocenters. The van der Waals surface area contributed by atoms with Crippen LogP contribution >= 0.6 is 0 Å². The van der Waals surface area contributed by atoms with Gasteiger partial charge in [-0.05, 0) is 45.9 Å². The summed E-state index contributed by atoms with van der Waals surface area (Å²) in [6.45, 7) is 5.40. The molecule has 1 saturated heterocycles. The number of nitrogens with zero attached hydrogens (tertiary/aromatic N) is 1. The molecule has 0 unspecified atom stereocenters. The molecular weight excluding hydrogens is 652 g/mol. The third-order valence-corrected chi connectivity index (χ3v) is 9.25. The van der Waals surface area contributed by atoms with Crippen LogP contribution in [0, 0.1) is 0 Å². The fourth-order valence-corrected chi connectivity index (χ4v) is 6.59. The molecule has 0 bridgehead atoms. The number of ether oxygens (including phenoxy) is 3. The molecule has 1 aliphatic heterocycles. The summed E-state index contributed by atoms with van der Waals surface area (Å²) < 4.78 is 18.5. The highest BCUT2D eigenvalue weighted by Crippen LogP contribution is 2.39. The topological polar surface area (TPSA) is 97.3 Å². The Bertz CT molecular complexity index is 1840. The number of amides is 1. The Kier molecular flexibility index (Phi) is 12.6. The average molecular weight is 699 g/mol. The first-order valence-corrected chi connectivity index (χ1v) is 17.8. The van der Waals surface area contributed by atoms with Crippen molar-refractivity contribution >= 4 is 11.9 Å². The predicted molar refractivity (Wildman–Crippen MR) is 200 cm³/mol. The number of benzene rings is 5. The van der Waals surface area contributed by atoms with Crippen LogP contribution in [-0.4, -0.2) is 40.6 Å². The zero-order valence-electron chi connectivity index (χ0n) is 29.7. The fourth-order valence-electron chi connectivity index (χ4n) is 6.59. The summed E-state index contributed by atoms with van der Waals surface area (Å²) in [5.74, 6) is -0.851. The molecule has 0 spiro atoms. The molecule has 0 saturated carbocycles. The largest absolute Gasteiger partial charge is 0.453 e. The van der Waals surface area contributed by atoms with Gasteiger partial charge in [-0.1, -0.05) is 133 Å². The van der Waals surface area contributed by atoms with Gasteiger partial charge in [-0.3, -0.25) is 14.5 Å². The Balaban J connectivity index is 1.22. The first-order valence-electron chi connectivity index (χ1n) is 17.8. The van der Waals surface area contributed by atoms with Crippen LogP contribution in [0.25, 0.3) is 11.1 Å². The van der Waals surface area contributed by atoms with Gasteiger partial charge in [0, 0.05) is 45.1 Å². The number of nitrogens with one attached hydrogen (secondary N) is 1. The Morgan fingerprint density at radius 2 is 1.37 bits per heavy atom. The van der Waals surface area contributed by atoms with Crippen molar-refractivity contribution in [1.82, 2.24) is 10.2 Å². The van der Waals surface area contributed by atoms with Crippen LogP contribution in [0.2, 0.25) is 0 Å². The van der Waals surface area contributed by atoms with E-state index in [4.69, 9.17) is 14.2 Å². The second-order valence-electron chi connectivity index (χ2n) is 13.2. The Hall–Kier alpha value is -5.12. The van der Waals surface area contributed by atoms with Gasteiger partial charge < -0.3 is 24.6 Å². The molecule has 0 aromatic heterocycles. The van der Waals surface area contributed by atoms with Crippen molar-refractivity contribution in [3.05, 3.63) is 167 Å². The highest BCUT2D eigenvalue weighted by molar-refractivity contribution is 5.83. The van der Waals surface area contributed by atoms with E-state index in [1.165, 1.54) is 18.1 Å². The summed E-state index contributed by atoms with van der Waals surface area (Å²) in [4.78, 5) is 26.3. The maximum absolute atomic E-state index is 12.5. The van der Waals surface area contributed by atoms with Crippen molar-refractivity contribution in [2.45, 2.75) is 71.1 Å². The zero-order valence-corrected chi connectivity index (χ0v) is 29.7. The van der Waals surface area contributed by atoms with Gasteiger partial charge in [-0.2, -0.15) is 0 Å². The van der Waals surface area contributed by atoms with Gasteiger partial charge in [0.05, 0.1) is 18.8 Å². The van der Waals surface area contributed by atoms with Crippen molar-refractivity contribution in [2.75, 3.05) is 6.54 Å². The molecule has 8 heteroatoms. The van der Waals surface area contributed by atoms with E-state index in [1.807, 2.05) is 72.8 Å². The first-order chi connectivity index (χ1) is 25.3. The number of carbonyl (C=O) groups is 2. The van der Waals surface area contributed by atoms with Crippen molar-refractivity contribution in [2.24, 2.45) is 0 Å². The molecule has 52 heavy (non-hydrogen) atoms. The van der Waals surface area contributed by atoms with Gasteiger partial charge in [0.2, 0.25) is 0 Å². The SMILES string of the molecule is CC(=O)O[C@@H](C)C(=O)NCc1ccccc1-c1ccc([C@@H]2O[C@H](CN(Cc3ccccc3)Cc3ccccc3)C[C@H](c3ccc(CO)cc3)O2)cc1. The van der Waals surface area contributed by atoms with E-state index in [0.717, 1.165) is 46.5 Å². The van der Waals surface area contributed by atoms with Crippen LogP contribution in [0.3, 0.4) is 0 Å². The molecule has 5 aromatic carbocycles. The van der Waals surface area contributed by atoms with Crippen LogP contribution in [0.4, 0.5) is 0 Å². The number of aliphatic hydroxyl groups excluding tert-OH is 1. The lowest BCUT2D eigenvalue weighted by Crippen LogP contribution is -2.39. The van der Waals surface area contributed by atoms with Crippen molar-refractivity contribution in [3.63, 3.8) is 0 Å². The van der Waals surface area contributed by atoms with Gasteiger partial charge >= 0.3 is 5.97 Å². The summed E-state index contributed by atoms with van der Waals surface area (Å²) in [7, 11) is 0. The molecule has 268 valence electrons. The number of hydrogen-bond acceptors (Lipinski definition) is 7. The minimum Gasteiger partial charge on any atom is -0.453 e. The maximum atomic E-state index is 12.5. The van der Waals surface area contributed by atoms with Crippen LogP contribution in [0.15, 0.2) is 133 Å². The molecule has 1 aliphatic rings. The normalized spacial score (nSPS) is 17.7. The standard InChI is InChI=1S/C44H46N2O6/c1-31(50-32(2)48)43(49)45-26-39-15-9-10-16-41(39)36-21-23-38(24-22-36)44-51-40(25-42(52-44)37-19-17-35(30-47)18-20-37)29-46(27-33-11-5-3-6-12-33)28-34-13-7-4-8-14-34/h3-24,31,40,42,44,47H,25-30H2,1-2H3,(H,45,49)/t31-,40-,42+,44+/m0/s1. The second kappa shape index (κ2) is 17.9. The van der Waals surface area contributed by atoms with Crippen molar-refractivity contribution in [3.8, 4) is 11.1 Å². The zero-order chi connectivity index (χ0) is 36.3. The van der Waals surface area contributed by atoms with Crippen LogP contribution < -0.4 is 5.32 Å². The highest BCUT2D eigenvalue weighted by Gasteiger charge is 2.33. The van der Waals surface area contributed by atoms with Crippen LogP contribution in [0.1, 0.15) is 66.0 Å². The summed E-state index contributed by atoms with van der Waals surface area (Å²) in [5, 5.41) is 12.5. The lowest BCUT2D eigenvalue weighted by molar-refractivity contribution is -0.253. The number of aliphatic hydroxyl groups is 1. The van der Waals surface area contributed by atoms with Gasteiger partial charge in [0.1, 0.15) is 0 Å². The van der Waals surface area contributed by atoms with Crippen molar-refractivity contribution in [1.29, 1.82) is 0 Å². The molecule has 1 heterocycles. The van der Waals surface area contributed by atoms with Gasteiger partial charge in [-0.15, -0.1) is 0 Å². The minimum absolute atomic E-state index is 0.0106. The van der Waals surface area contributed by atoms with E-state index in [2.05, 4.69) is 70.9 Å². The Morgan fingerprint density at radius 1 is 0.769 bits per heavy atom. The second-order valence-corrected chi connectivity index (χ2v) is 13.2. The van der Waals surface area contributed by atoms with E-state index in [1.54, 1.807) is 6.92 Å². The maximum Gasteiger partial charge on any atom is 0.303 e. The third-order valence-electron chi connectivity index (χ3n) is 9.25. The summed E-state index contributed by atoms with van der Waals surface area (Å²) in [5.41, 5.74) is 8.20. The van der Waals surface area contributed by atoms with E-state index >= 15 is 0 Å². The van der Waals surface area contributed by atoms with Crippen LogP contribution in [-0.2, 0) is 50.0 Å². The predicted octanol–water partition coefficient (Wildman–Crippen LogP) is 7.66. The number of hydrogen-bond donors (Lipinski definition) is 2. The van der Waals surface area contributed by atoms with Gasteiger partial charge in [0.25, 0.3) is 5.91 Å². The monoisotopic (exact) mass is 698 g/mol. The van der Waals surface area contributed by atoms with E-state index < -0.39 is 18.4 Å². The smallest absolute Gasteiger partial charge is 0.303 e. The summed E-state index contributed by atoms with van der Waals surface area (Å²) >= 11 is 0. The quantitative estimate of drug-likeness (QED) is 0.115. The highest BCUT2D eigenvalue weighted by atomic mass is 16.7. The molecule has 0 radical (unpaired) electrons. The van der Waals surface area contributed by atoms with Crippen molar-refractivity contribution < 1.29 is 28.9 Å². The number of esters is 1.